The van der Waals surface area contributed by atoms with Crippen LogP contribution in [0, 0.1) is 0 Å². The summed E-state index contributed by atoms with van der Waals surface area (Å²) in [6.07, 6.45) is 9.03. The van der Waals surface area contributed by atoms with Crippen LogP contribution in [0.3, 0.4) is 0 Å². The number of aromatic nitrogens is 4. The zero-order valence-electron chi connectivity index (χ0n) is 16.5. The summed E-state index contributed by atoms with van der Waals surface area (Å²) < 4.78 is 7.48. The highest BCUT2D eigenvalue weighted by atomic mass is 16.5. The highest BCUT2D eigenvalue weighted by Crippen LogP contribution is 2.31. The zero-order chi connectivity index (χ0) is 19.5. The number of amides is 1. The van der Waals surface area contributed by atoms with Gasteiger partial charge in [-0.1, -0.05) is 38.3 Å². The number of imidazole rings is 1. The van der Waals surface area contributed by atoms with Crippen LogP contribution >= 0.6 is 0 Å². The van der Waals surface area contributed by atoms with E-state index in [-0.39, 0.29) is 11.8 Å². The second kappa shape index (κ2) is 8.12. The molecule has 1 fully saturated rings. The molecule has 0 saturated heterocycles. The molecule has 2 aromatic heterocycles. The molecule has 148 valence electrons. The molecule has 2 heterocycles. The second-order valence-corrected chi connectivity index (χ2v) is 7.90. The lowest BCUT2D eigenvalue weighted by Crippen LogP contribution is -2.13. The topological polar surface area (TPSA) is 85.8 Å². The summed E-state index contributed by atoms with van der Waals surface area (Å²) in [5, 5.41) is 6.87. The van der Waals surface area contributed by atoms with Gasteiger partial charge >= 0.3 is 0 Å². The van der Waals surface area contributed by atoms with Crippen LogP contribution < -0.4 is 5.32 Å². The third kappa shape index (κ3) is 4.08. The van der Waals surface area contributed by atoms with Crippen molar-refractivity contribution in [3.63, 3.8) is 0 Å². The smallest absolute Gasteiger partial charge is 0.227 e. The van der Waals surface area contributed by atoms with E-state index in [4.69, 9.17) is 4.52 Å². The third-order valence-corrected chi connectivity index (χ3v) is 5.39. The number of carbonyl (C=O) groups is 1. The lowest BCUT2D eigenvalue weighted by atomic mass is 9.95. The minimum Gasteiger partial charge on any atom is -0.339 e. The Morgan fingerprint density at radius 3 is 2.86 bits per heavy atom. The fraction of sp³-hybridized carbons (Fsp3) is 0.524. The van der Waals surface area contributed by atoms with Crippen molar-refractivity contribution in [2.75, 3.05) is 5.32 Å². The first kappa shape index (κ1) is 18.7. The molecule has 1 saturated carbocycles. The number of rotatable bonds is 6. The fourth-order valence-corrected chi connectivity index (χ4v) is 3.81. The Balaban J connectivity index is 1.38. The average molecular weight is 381 g/mol. The van der Waals surface area contributed by atoms with Crippen molar-refractivity contribution < 1.29 is 9.32 Å². The SMILES string of the molecule is CC(C)c1noc(CCC(=O)Nc2ccc3c(c2)ncn3C2CCCCC2)n1. The van der Waals surface area contributed by atoms with E-state index in [0.717, 1.165) is 16.7 Å². The van der Waals surface area contributed by atoms with Crippen molar-refractivity contribution in [2.24, 2.45) is 0 Å². The van der Waals surface area contributed by atoms with Crippen LogP contribution in [0.25, 0.3) is 11.0 Å². The van der Waals surface area contributed by atoms with E-state index in [9.17, 15) is 4.79 Å². The number of nitrogens with zero attached hydrogens (tertiary/aromatic N) is 4. The molecule has 0 atom stereocenters. The first-order valence-electron chi connectivity index (χ1n) is 10.2. The molecule has 1 aromatic carbocycles. The molecule has 7 heteroatoms. The number of nitrogens with one attached hydrogen (secondary N) is 1. The van der Waals surface area contributed by atoms with Crippen molar-refractivity contribution in [2.45, 2.75) is 70.8 Å². The van der Waals surface area contributed by atoms with Gasteiger partial charge in [-0.2, -0.15) is 4.98 Å². The van der Waals surface area contributed by atoms with E-state index in [1.165, 1.54) is 32.1 Å². The number of carbonyl (C=O) groups excluding carboxylic acids is 1. The van der Waals surface area contributed by atoms with Gasteiger partial charge in [-0.3, -0.25) is 4.79 Å². The van der Waals surface area contributed by atoms with Crippen molar-refractivity contribution in [3.8, 4) is 0 Å². The van der Waals surface area contributed by atoms with Gasteiger partial charge in [0.2, 0.25) is 11.8 Å². The molecule has 1 aliphatic rings. The molecule has 0 unspecified atom stereocenters. The Bertz CT molecular complexity index is 953. The Hall–Kier alpha value is -2.70. The lowest BCUT2D eigenvalue weighted by molar-refractivity contribution is -0.116. The van der Waals surface area contributed by atoms with E-state index in [1.807, 2.05) is 32.3 Å². The second-order valence-electron chi connectivity index (χ2n) is 7.90. The number of benzene rings is 1. The van der Waals surface area contributed by atoms with E-state index >= 15 is 0 Å². The maximum absolute atomic E-state index is 12.3. The minimum atomic E-state index is -0.0737. The van der Waals surface area contributed by atoms with Gasteiger partial charge < -0.3 is 14.4 Å². The van der Waals surface area contributed by atoms with Crippen molar-refractivity contribution in [3.05, 3.63) is 36.2 Å². The summed E-state index contributed by atoms with van der Waals surface area (Å²) in [4.78, 5) is 21.1. The Labute approximate surface area is 164 Å². The van der Waals surface area contributed by atoms with Gasteiger partial charge in [0.1, 0.15) is 0 Å². The van der Waals surface area contributed by atoms with Gasteiger partial charge in [0.05, 0.1) is 17.4 Å². The molecule has 1 N–H and O–H groups in total. The maximum Gasteiger partial charge on any atom is 0.227 e. The molecule has 4 rings (SSSR count). The Morgan fingerprint density at radius 2 is 2.11 bits per heavy atom. The summed E-state index contributed by atoms with van der Waals surface area (Å²) in [6, 6.07) is 6.49. The summed E-state index contributed by atoms with van der Waals surface area (Å²) >= 11 is 0. The molecular weight excluding hydrogens is 354 g/mol. The highest BCUT2D eigenvalue weighted by molar-refractivity contribution is 5.93. The van der Waals surface area contributed by atoms with Crippen LogP contribution in [-0.2, 0) is 11.2 Å². The number of anilines is 1. The number of hydrogen-bond donors (Lipinski definition) is 1. The lowest BCUT2D eigenvalue weighted by Gasteiger charge is -2.23. The summed E-state index contributed by atoms with van der Waals surface area (Å²) in [5.74, 6) is 1.32. The van der Waals surface area contributed by atoms with E-state index in [0.29, 0.717) is 30.6 Å². The summed E-state index contributed by atoms with van der Waals surface area (Å²) in [7, 11) is 0. The summed E-state index contributed by atoms with van der Waals surface area (Å²) in [6.45, 7) is 4.01. The van der Waals surface area contributed by atoms with Gasteiger partial charge in [-0.05, 0) is 31.0 Å². The first-order valence-corrected chi connectivity index (χ1v) is 10.2. The molecule has 28 heavy (non-hydrogen) atoms. The van der Waals surface area contributed by atoms with Crippen molar-refractivity contribution >= 4 is 22.6 Å². The van der Waals surface area contributed by atoms with Crippen LogP contribution in [0.4, 0.5) is 5.69 Å². The van der Waals surface area contributed by atoms with Gasteiger partial charge in [-0.25, -0.2) is 4.98 Å². The monoisotopic (exact) mass is 381 g/mol. The molecule has 0 aliphatic heterocycles. The normalized spacial score (nSPS) is 15.4. The van der Waals surface area contributed by atoms with E-state index in [1.54, 1.807) is 0 Å². The van der Waals surface area contributed by atoms with Crippen molar-refractivity contribution in [1.29, 1.82) is 0 Å². The molecular formula is C21H27N5O2. The third-order valence-electron chi connectivity index (χ3n) is 5.39. The van der Waals surface area contributed by atoms with Crippen LogP contribution in [0.1, 0.15) is 76.0 Å². The number of fused-ring (bicyclic) bond motifs is 1. The van der Waals surface area contributed by atoms with Gasteiger partial charge in [0, 0.05) is 30.5 Å². The molecule has 0 bridgehead atoms. The molecule has 1 aliphatic carbocycles. The van der Waals surface area contributed by atoms with E-state index in [2.05, 4.69) is 31.1 Å². The maximum atomic E-state index is 12.3. The minimum absolute atomic E-state index is 0.0737. The number of hydrogen-bond acceptors (Lipinski definition) is 5. The predicted molar refractivity (Wildman–Crippen MR) is 107 cm³/mol. The zero-order valence-corrected chi connectivity index (χ0v) is 16.5. The van der Waals surface area contributed by atoms with Crippen LogP contribution in [0.5, 0.6) is 0 Å². The molecule has 0 radical (unpaired) electrons. The first-order chi connectivity index (χ1) is 13.6. The summed E-state index contributed by atoms with van der Waals surface area (Å²) in [5.41, 5.74) is 2.82. The van der Waals surface area contributed by atoms with Crippen LogP contribution in [0.15, 0.2) is 29.0 Å². The van der Waals surface area contributed by atoms with Gasteiger partial charge in [-0.15, -0.1) is 0 Å². The van der Waals surface area contributed by atoms with Crippen molar-refractivity contribution in [1.82, 2.24) is 19.7 Å². The standard InChI is InChI=1S/C21H27N5O2/c1-14(2)21-24-20(28-25-21)11-10-19(27)23-15-8-9-18-17(12-15)22-13-26(18)16-6-4-3-5-7-16/h8-9,12-14,16H,3-7,10-11H2,1-2H3,(H,23,27). The average Bonchev–Trinajstić information content (AvgIpc) is 3.34. The highest BCUT2D eigenvalue weighted by Gasteiger charge is 2.17. The molecule has 3 aromatic rings. The van der Waals surface area contributed by atoms with E-state index < -0.39 is 0 Å². The molecule has 1 amide bonds. The predicted octanol–water partition coefficient (Wildman–Crippen LogP) is 4.62. The van der Waals surface area contributed by atoms with Crippen LogP contribution in [-0.4, -0.2) is 25.6 Å². The van der Waals surface area contributed by atoms with Gasteiger partial charge in [0.25, 0.3) is 0 Å². The van der Waals surface area contributed by atoms with Crippen LogP contribution in [0.2, 0.25) is 0 Å². The molecule has 0 spiro atoms. The molecule has 7 nitrogen and oxygen atoms in total. The van der Waals surface area contributed by atoms with Gasteiger partial charge in [0.15, 0.2) is 5.82 Å². The quantitative estimate of drug-likeness (QED) is 0.673. The Kier molecular flexibility index (Phi) is 5.41. The Morgan fingerprint density at radius 1 is 1.29 bits per heavy atom. The fourth-order valence-electron chi connectivity index (χ4n) is 3.81. The number of aryl methyl sites for hydroxylation is 1. The largest absolute Gasteiger partial charge is 0.339 e.